The molecule has 0 heterocycles. The quantitative estimate of drug-likeness (QED) is 0.345. The van der Waals surface area contributed by atoms with Gasteiger partial charge in [0.1, 0.15) is 18.0 Å². The van der Waals surface area contributed by atoms with E-state index in [1.54, 1.807) is 37.4 Å². The van der Waals surface area contributed by atoms with Crippen molar-refractivity contribution in [1.29, 1.82) is 0 Å². The zero-order valence-electron chi connectivity index (χ0n) is 21.9. The first-order valence-corrected chi connectivity index (χ1v) is 13.7. The Morgan fingerprint density at radius 3 is 2.19 bits per heavy atom. The molecule has 198 valence electrons. The van der Waals surface area contributed by atoms with Gasteiger partial charge in [-0.05, 0) is 78.9 Å². The van der Waals surface area contributed by atoms with Crippen molar-refractivity contribution < 1.29 is 22.7 Å². The molecule has 0 spiro atoms. The van der Waals surface area contributed by atoms with E-state index in [0.717, 1.165) is 26.7 Å². The fourth-order valence-corrected chi connectivity index (χ4v) is 5.79. The van der Waals surface area contributed by atoms with Crippen molar-refractivity contribution in [3.05, 3.63) is 82.4 Å². The maximum Gasteiger partial charge on any atom is 0.264 e. The van der Waals surface area contributed by atoms with Crippen LogP contribution in [-0.4, -0.2) is 35.1 Å². The summed E-state index contributed by atoms with van der Waals surface area (Å²) in [6.45, 7) is 7.50. The molecule has 0 aliphatic heterocycles. The summed E-state index contributed by atoms with van der Waals surface area (Å²) in [7, 11) is -1.05. The largest absolute Gasteiger partial charge is 0.496 e. The second kappa shape index (κ2) is 11.9. The summed E-state index contributed by atoms with van der Waals surface area (Å²) < 4.78 is 39.3. The summed E-state index contributed by atoms with van der Waals surface area (Å²) in [4.78, 5) is 13.4. The van der Waals surface area contributed by atoms with Gasteiger partial charge in [0.25, 0.3) is 10.0 Å². The highest BCUT2D eigenvalue weighted by atomic mass is 35.5. The standard InChI is InChI=1S/C28H33ClN2O5S/c1-18(2)23-16-24(19(3)14-27(23)36-6)20(4)30-28(32)17-31(25-15-21(29)12-13-26(25)35-5)37(33,34)22-10-8-7-9-11-22/h7-16,18,20H,17H2,1-6H3,(H,30,32). The monoisotopic (exact) mass is 544 g/mol. The second-order valence-corrected chi connectivity index (χ2v) is 11.3. The Morgan fingerprint density at radius 2 is 1.59 bits per heavy atom. The third-order valence-electron chi connectivity index (χ3n) is 6.11. The molecule has 3 aromatic carbocycles. The van der Waals surface area contributed by atoms with Gasteiger partial charge in [0.15, 0.2) is 0 Å². The van der Waals surface area contributed by atoms with Crippen LogP contribution in [0.4, 0.5) is 5.69 Å². The third kappa shape index (κ3) is 6.37. The van der Waals surface area contributed by atoms with E-state index >= 15 is 0 Å². The van der Waals surface area contributed by atoms with Crippen molar-refractivity contribution in [3.63, 3.8) is 0 Å². The minimum atomic E-state index is -4.12. The number of anilines is 1. The fraction of sp³-hybridized carbons (Fsp3) is 0.321. The van der Waals surface area contributed by atoms with Crippen LogP contribution in [0.3, 0.4) is 0 Å². The smallest absolute Gasteiger partial charge is 0.264 e. The average molecular weight is 545 g/mol. The molecule has 7 nitrogen and oxygen atoms in total. The lowest BCUT2D eigenvalue weighted by atomic mass is 9.93. The van der Waals surface area contributed by atoms with Gasteiger partial charge in [-0.1, -0.05) is 43.6 Å². The Morgan fingerprint density at radius 1 is 0.946 bits per heavy atom. The van der Waals surface area contributed by atoms with E-state index in [-0.39, 0.29) is 28.3 Å². The van der Waals surface area contributed by atoms with Crippen LogP contribution in [0.1, 0.15) is 49.4 Å². The number of aryl methyl sites for hydroxylation is 1. The van der Waals surface area contributed by atoms with Crippen molar-refractivity contribution in [1.82, 2.24) is 5.32 Å². The van der Waals surface area contributed by atoms with Gasteiger partial charge < -0.3 is 14.8 Å². The summed E-state index contributed by atoms with van der Waals surface area (Å²) in [5.41, 5.74) is 3.08. The topological polar surface area (TPSA) is 84.9 Å². The highest BCUT2D eigenvalue weighted by molar-refractivity contribution is 7.92. The first kappa shape index (κ1) is 28.3. The summed E-state index contributed by atoms with van der Waals surface area (Å²) in [6, 6.07) is 16.2. The van der Waals surface area contributed by atoms with Gasteiger partial charge in [-0.3, -0.25) is 9.10 Å². The lowest BCUT2D eigenvalue weighted by Gasteiger charge is -2.27. The Balaban J connectivity index is 1.97. The molecule has 0 aromatic heterocycles. The second-order valence-electron chi connectivity index (χ2n) is 9.04. The SMILES string of the molecule is COc1cc(C)c(C(C)NC(=O)CN(c2cc(Cl)ccc2OC)S(=O)(=O)c2ccccc2)cc1C(C)C. The number of hydrogen-bond acceptors (Lipinski definition) is 5. The van der Waals surface area contributed by atoms with Crippen LogP contribution in [0.25, 0.3) is 0 Å². The predicted octanol–water partition coefficient (Wildman–Crippen LogP) is 5.86. The number of carbonyl (C=O) groups is 1. The lowest BCUT2D eigenvalue weighted by Crippen LogP contribution is -2.41. The molecule has 1 unspecified atom stereocenters. The summed E-state index contributed by atoms with van der Waals surface area (Å²) >= 11 is 6.21. The van der Waals surface area contributed by atoms with E-state index in [9.17, 15) is 13.2 Å². The molecule has 0 aliphatic carbocycles. The number of ether oxygens (including phenoxy) is 2. The van der Waals surface area contributed by atoms with Gasteiger partial charge in [-0.15, -0.1) is 0 Å². The van der Waals surface area contributed by atoms with Crippen molar-refractivity contribution >= 4 is 33.2 Å². The molecule has 0 saturated carbocycles. The van der Waals surface area contributed by atoms with Crippen LogP contribution >= 0.6 is 11.6 Å². The van der Waals surface area contributed by atoms with Gasteiger partial charge in [0, 0.05) is 5.02 Å². The molecule has 0 bridgehead atoms. The number of carbonyl (C=O) groups excluding carboxylic acids is 1. The van der Waals surface area contributed by atoms with Crippen molar-refractivity contribution in [2.24, 2.45) is 0 Å². The van der Waals surface area contributed by atoms with E-state index in [2.05, 4.69) is 19.2 Å². The number of hydrogen-bond donors (Lipinski definition) is 1. The Hall–Kier alpha value is -3.23. The predicted molar refractivity (Wildman–Crippen MR) is 147 cm³/mol. The maximum absolute atomic E-state index is 13.7. The molecule has 1 atom stereocenters. The molecule has 0 aliphatic rings. The van der Waals surface area contributed by atoms with Crippen LogP contribution in [-0.2, 0) is 14.8 Å². The first-order chi connectivity index (χ1) is 17.5. The van der Waals surface area contributed by atoms with Crippen molar-refractivity contribution in [2.75, 3.05) is 25.1 Å². The molecule has 9 heteroatoms. The highest BCUT2D eigenvalue weighted by Crippen LogP contribution is 2.35. The number of rotatable bonds is 10. The minimum Gasteiger partial charge on any atom is -0.496 e. The maximum atomic E-state index is 13.7. The van der Waals surface area contributed by atoms with E-state index < -0.39 is 22.5 Å². The molecule has 37 heavy (non-hydrogen) atoms. The zero-order valence-corrected chi connectivity index (χ0v) is 23.5. The highest BCUT2D eigenvalue weighted by Gasteiger charge is 2.30. The Bertz CT molecular complexity index is 1360. The van der Waals surface area contributed by atoms with Crippen LogP contribution in [0.15, 0.2) is 65.6 Å². The lowest BCUT2D eigenvalue weighted by molar-refractivity contribution is -0.120. The van der Waals surface area contributed by atoms with Crippen LogP contribution in [0.2, 0.25) is 5.02 Å². The zero-order chi connectivity index (χ0) is 27.3. The number of benzene rings is 3. The summed E-state index contributed by atoms with van der Waals surface area (Å²) in [5.74, 6) is 0.814. The average Bonchev–Trinajstić information content (AvgIpc) is 2.87. The van der Waals surface area contributed by atoms with Crippen molar-refractivity contribution in [3.8, 4) is 11.5 Å². The molecule has 3 rings (SSSR count). The third-order valence-corrected chi connectivity index (χ3v) is 8.12. The van der Waals surface area contributed by atoms with Crippen LogP contribution in [0, 0.1) is 6.92 Å². The van der Waals surface area contributed by atoms with Gasteiger partial charge in [0.05, 0.1) is 30.8 Å². The molecule has 1 N–H and O–H groups in total. The van der Waals surface area contributed by atoms with E-state index in [1.165, 1.54) is 25.3 Å². The molecular weight excluding hydrogens is 512 g/mol. The normalized spacial score (nSPS) is 12.2. The molecule has 3 aromatic rings. The summed E-state index contributed by atoms with van der Waals surface area (Å²) in [6.07, 6.45) is 0. The van der Waals surface area contributed by atoms with E-state index in [0.29, 0.717) is 5.02 Å². The fourth-order valence-electron chi connectivity index (χ4n) is 4.18. The molecule has 0 radical (unpaired) electrons. The molecule has 0 fully saturated rings. The van der Waals surface area contributed by atoms with Gasteiger partial charge in [0.2, 0.25) is 5.91 Å². The minimum absolute atomic E-state index is 0.0467. The Kier molecular flexibility index (Phi) is 9.10. The van der Waals surface area contributed by atoms with Gasteiger partial charge in [-0.2, -0.15) is 0 Å². The van der Waals surface area contributed by atoms with Crippen LogP contribution < -0.4 is 19.1 Å². The summed E-state index contributed by atoms with van der Waals surface area (Å²) in [5, 5.41) is 3.27. The molecular formula is C28H33ClN2O5S. The van der Waals surface area contributed by atoms with E-state index in [1.807, 2.05) is 26.0 Å². The van der Waals surface area contributed by atoms with Gasteiger partial charge in [-0.25, -0.2) is 8.42 Å². The number of methoxy groups -OCH3 is 2. The van der Waals surface area contributed by atoms with Crippen LogP contribution in [0.5, 0.6) is 11.5 Å². The molecule has 0 saturated heterocycles. The number of amides is 1. The Labute approximate surface area is 224 Å². The number of sulfonamides is 1. The number of halogens is 1. The van der Waals surface area contributed by atoms with Crippen molar-refractivity contribution in [2.45, 2.75) is 44.6 Å². The number of nitrogens with zero attached hydrogens (tertiary/aromatic N) is 1. The first-order valence-electron chi connectivity index (χ1n) is 11.9. The molecule has 1 amide bonds. The van der Waals surface area contributed by atoms with E-state index in [4.69, 9.17) is 21.1 Å². The number of nitrogens with one attached hydrogen (secondary N) is 1. The van der Waals surface area contributed by atoms with Gasteiger partial charge >= 0.3 is 0 Å².